The first-order chi connectivity index (χ1) is 8.54. The minimum Gasteiger partial charge on any atom is -0.428 e. The fourth-order valence-electron chi connectivity index (χ4n) is 0.951. The normalized spacial score (nSPS) is 19.4. The smallest absolute Gasteiger partial charge is 0.428 e. The molecule has 0 aromatic rings. The maximum atomic E-state index is 11.9. The first-order valence-corrected chi connectivity index (χ1v) is 8.06. The molecule has 114 valence electrons. The third-order valence-electron chi connectivity index (χ3n) is 1.90. The molecule has 1 unspecified atom stereocenters. The molecule has 1 aliphatic rings. The molecule has 1 heterocycles. The van der Waals surface area contributed by atoms with Crippen LogP contribution in [0.2, 0.25) is 0 Å². The summed E-state index contributed by atoms with van der Waals surface area (Å²) in [6.07, 6.45) is -0.182. The van der Waals surface area contributed by atoms with Crippen molar-refractivity contribution in [2.24, 2.45) is 0 Å². The molecule has 20 heavy (non-hydrogen) atoms. The van der Waals surface area contributed by atoms with Crippen molar-refractivity contribution in [1.82, 2.24) is 0 Å². The van der Waals surface area contributed by atoms with Gasteiger partial charge in [-0.2, -0.15) is 13.2 Å². The predicted octanol–water partition coefficient (Wildman–Crippen LogP) is -2.65. The number of sulfonamides is 2. The molecule has 0 bridgehead atoms. The van der Waals surface area contributed by atoms with Crippen LogP contribution in [0, 0.1) is 0 Å². The van der Waals surface area contributed by atoms with Crippen LogP contribution in [0.3, 0.4) is 0 Å². The van der Waals surface area contributed by atoms with Crippen LogP contribution < -0.4 is 18.9 Å². The Hall–Kier alpha value is 0.167. The topological polar surface area (TPSA) is 104 Å². The molecule has 0 spiro atoms. The van der Waals surface area contributed by atoms with Crippen LogP contribution in [-0.4, -0.2) is 54.0 Å². The Balaban J connectivity index is 0.00000361. The number of nitrogens with zero attached hydrogens (tertiary/aromatic N) is 1. The van der Waals surface area contributed by atoms with Crippen molar-refractivity contribution in [3.63, 3.8) is 0 Å². The van der Waals surface area contributed by atoms with Crippen LogP contribution >= 0.6 is 0 Å². The Kier molecular flexibility index (Phi) is 7.50. The van der Waals surface area contributed by atoms with Gasteiger partial charge < -0.3 is 13.6 Å². The number of alkyl halides is 3. The Morgan fingerprint density at radius 3 is 2.25 bits per heavy atom. The van der Waals surface area contributed by atoms with E-state index in [0.717, 1.165) is 0 Å². The van der Waals surface area contributed by atoms with Crippen LogP contribution in [0.5, 0.6) is 0 Å². The zero-order chi connectivity index (χ0) is 14.7. The van der Waals surface area contributed by atoms with Crippen molar-refractivity contribution in [3.05, 3.63) is 4.13 Å². The Bertz CT molecular complexity index is 501. The maximum absolute atomic E-state index is 11.9. The molecule has 1 aliphatic heterocycles. The second-order valence-electron chi connectivity index (χ2n) is 3.67. The molecule has 1 atom stereocenters. The van der Waals surface area contributed by atoms with Crippen molar-refractivity contribution >= 4 is 20.0 Å². The summed E-state index contributed by atoms with van der Waals surface area (Å²) in [6.45, 7) is 0.774. The van der Waals surface area contributed by atoms with Crippen molar-refractivity contribution in [2.45, 2.75) is 18.0 Å². The summed E-state index contributed by atoms with van der Waals surface area (Å²) < 4.78 is 90.6. The van der Waals surface area contributed by atoms with Crippen LogP contribution in [0.25, 0.3) is 4.13 Å². The average Bonchev–Trinajstić information content (AvgIpc) is 2.97. The van der Waals surface area contributed by atoms with Gasteiger partial charge in [-0.05, 0) is 6.42 Å². The molecule has 0 amide bonds. The molecule has 0 N–H and O–H groups in total. The third-order valence-corrected chi connectivity index (χ3v) is 4.98. The molecular weight excluding hydrogens is 322 g/mol. The van der Waals surface area contributed by atoms with Gasteiger partial charge in [0, 0.05) is 12.4 Å². The van der Waals surface area contributed by atoms with E-state index < -0.39 is 31.3 Å². The van der Waals surface area contributed by atoms with Gasteiger partial charge in [-0.3, -0.25) is 0 Å². The Morgan fingerprint density at radius 2 is 1.80 bits per heavy atom. The molecule has 1 saturated heterocycles. The zero-order valence-corrected chi connectivity index (χ0v) is 12.1. The zero-order valence-electron chi connectivity index (χ0n) is 10.5. The van der Waals surface area contributed by atoms with Crippen molar-refractivity contribution < 1.29 is 58.3 Å². The number of halogens is 3. The van der Waals surface area contributed by atoms with Gasteiger partial charge in [-0.15, -0.1) is 0 Å². The van der Waals surface area contributed by atoms with E-state index in [1.54, 1.807) is 0 Å². The fourth-order valence-corrected chi connectivity index (χ4v) is 3.27. The molecule has 0 aromatic heterocycles. The number of hydrogen-bond acceptors (Lipinski definition) is 6. The Labute approximate surface area is 126 Å². The molecule has 0 aliphatic carbocycles. The average molecular weight is 333 g/mol. The molecule has 0 saturated carbocycles. The summed E-state index contributed by atoms with van der Waals surface area (Å²) in [5.74, 6) is -0.839. The van der Waals surface area contributed by atoms with E-state index in [2.05, 4.69) is 0 Å². The summed E-state index contributed by atoms with van der Waals surface area (Å²) in [5.41, 5.74) is -5.72. The number of rotatable bonds is 8. The Morgan fingerprint density at radius 1 is 1.25 bits per heavy atom. The summed E-state index contributed by atoms with van der Waals surface area (Å²) in [6, 6.07) is 0. The summed E-state index contributed by atoms with van der Waals surface area (Å²) in [4.78, 5) is 0. The van der Waals surface area contributed by atoms with Crippen LogP contribution in [0.1, 0.15) is 6.42 Å². The van der Waals surface area contributed by atoms with E-state index in [1.807, 2.05) is 4.13 Å². The van der Waals surface area contributed by atoms with Crippen LogP contribution in [0.4, 0.5) is 13.2 Å². The van der Waals surface area contributed by atoms with Gasteiger partial charge in [-0.25, -0.2) is 16.8 Å². The van der Waals surface area contributed by atoms with Gasteiger partial charge in [0.2, 0.25) is 0 Å². The van der Waals surface area contributed by atoms with Crippen molar-refractivity contribution in [3.8, 4) is 0 Å². The monoisotopic (exact) mass is 333 g/mol. The number of ether oxygens (including phenoxy) is 2. The second-order valence-corrected chi connectivity index (χ2v) is 7.25. The van der Waals surface area contributed by atoms with Crippen molar-refractivity contribution in [1.29, 1.82) is 0 Å². The minimum atomic E-state index is -6.03. The summed E-state index contributed by atoms with van der Waals surface area (Å²) in [7, 11) is -10.7. The molecule has 0 aromatic carbocycles. The van der Waals surface area contributed by atoms with Gasteiger partial charge in [0.1, 0.15) is 6.10 Å². The molecule has 7 nitrogen and oxygen atoms in total. The van der Waals surface area contributed by atoms with Crippen LogP contribution in [-0.2, 0) is 29.5 Å². The van der Waals surface area contributed by atoms with Crippen molar-refractivity contribution in [2.75, 3.05) is 25.6 Å². The minimum absolute atomic E-state index is 0. The summed E-state index contributed by atoms with van der Waals surface area (Å²) in [5, 5.41) is 0. The second kappa shape index (κ2) is 7.44. The fraction of sp³-hybridized carbons (Fsp3) is 1.00. The van der Waals surface area contributed by atoms with E-state index in [-0.39, 0.29) is 44.6 Å². The van der Waals surface area contributed by atoms with Crippen LogP contribution in [0.15, 0.2) is 0 Å². The number of hydrogen-bond donors (Lipinski definition) is 0. The maximum Gasteiger partial charge on any atom is 1.00 e. The standard InChI is InChI=1S/C7H11F3NO6S2.Li/c8-7(9,10)19(14,15)11-18(12,13)3-1-2-16-4-6-5-17-6;/h6H,1-5H2;/q-1;+1. The van der Waals surface area contributed by atoms with Gasteiger partial charge in [0.25, 0.3) is 0 Å². The molecule has 0 radical (unpaired) electrons. The van der Waals surface area contributed by atoms with Gasteiger partial charge in [-0.1, -0.05) is 0 Å². The SMILES string of the molecule is O=S(=O)(CCCOCC1CO1)[N-]S(=O)(=O)C(F)(F)F.[Li+]. The molecular formula is C7H11F3LiNO6S2. The summed E-state index contributed by atoms with van der Waals surface area (Å²) >= 11 is 0. The van der Waals surface area contributed by atoms with E-state index in [0.29, 0.717) is 6.61 Å². The van der Waals surface area contributed by atoms with E-state index in [9.17, 15) is 30.0 Å². The predicted molar refractivity (Wildman–Crippen MR) is 57.3 cm³/mol. The van der Waals surface area contributed by atoms with Gasteiger partial charge in [0.05, 0.1) is 23.2 Å². The quantitative estimate of drug-likeness (QED) is 0.273. The van der Waals surface area contributed by atoms with Gasteiger partial charge in [0.15, 0.2) is 10.0 Å². The molecule has 1 fully saturated rings. The molecule has 1 rings (SSSR count). The largest absolute Gasteiger partial charge is 1.00 e. The van der Waals surface area contributed by atoms with Gasteiger partial charge >= 0.3 is 24.4 Å². The van der Waals surface area contributed by atoms with E-state index >= 15 is 0 Å². The first-order valence-electron chi connectivity index (χ1n) is 5.01. The number of epoxide rings is 1. The molecule has 13 heteroatoms. The first kappa shape index (κ1) is 20.2. The third kappa shape index (κ3) is 7.25. The van der Waals surface area contributed by atoms with E-state index in [4.69, 9.17) is 9.47 Å². The van der Waals surface area contributed by atoms with E-state index in [1.165, 1.54) is 0 Å².